The molecule has 2 saturated carbocycles. The fourth-order valence-corrected chi connectivity index (χ4v) is 8.96. The molecule has 0 saturated heterocycles. The monoisotopic (exact) mass is 476 g/mol. The molecule has 0 aliphatic heterocycles. The van der Waals surface area contributed by atoms with Gasteiger partial charge in [-0.3, -0.25) is 0 Å². The van der Waals surface area contributed by atoms with Crippen molar-refractivity contribution >= 4 is 9.04 Å². The molecule has 0 amide bonds. The third-order valence-corrected chi connectivity index (χ3v) is 10.1. The average Bonchev–Trinajstić information content (AvgIpc) is 3.15. The minimum absolute atomic E-state index is 0.408. The zero-order chi connectivity index (χ0) is 24.1. The summed E-state index contributed by atoms with van der Waals surface area (Å²) in [4.78, 5) is 0. The van der Waals surface area contributed by atoms with Crippen molar-refractivity contribution in [3.8, 4) is 11.5 Å². The molecular weight excluding hydrogens is 432 g/mol. The SMILES string of the molecule is C[SiH](C)Oc1cc(OCc2ccccc2)cc2c1[C@H]1CC[C@@]3(C)[C@@H](CC[C@H]3C(C)(C)C)[C@@H]1CC2. The Hall–Kier alpha value is -1.74. The largest absolute Gasteiger partial charge is 0.547 e. The molecule has 0 unspecified atom stereocenters. The van der Waals surface area contributed by atoms with Crippen molar-refractivity contribution in [1.82, 2.24) is 0 Å². The Balaban J connectivity index is 1.44. The maximum atomic E-state index is 6.63. The fraction of sp³-hybridized carbons (Fsp3) is 0.613. The minimum Gasteiger partial charge on any atom is -0.547 e. The predicted octanol–water partition coefficient (Wildman–Crippen LogP) is 8.15. The fourth-order valence-electron chi connectivity index (χ4n) is 8.25. The second-order valence-electron chi connectivity index (χ2n) is 12.9. The number of rotatable bonds is 5. The molecule has 3 aliphatic carbocycles. The Morgan fingerprint density at radius 3 is 2.47 bits per heavy atom. The molecular formula is C31H44O2Si. The van der Waals surface area contributed by atoms with Gasteiger partial charge in [0.1, 0.15) is 18.1 Å². The first-order chi connectivity index (χ1) is 16.2. The quantitative estimate of drug-likeness (QED) is 0.405. The first-order valence-corrected chi connectivity index (χ1v) is 16.4. The van der Waals surface area contributed by atoms with E-state index >= 15 is 0 Å². The number of fused-ring (bicyclic) bond motifs is 5. The van der Waals surface area contributed by atoms with Crippen LogP contribution in [0.2, 0.25) is 13.1 Å². The molecule has 0 radical (unpaired) electrons. The lowest BCUT2D eigenvalue weighted by molar-refractivity contribution is -0.00933. The molecule has 0 N–H and O–H groups in total. The molecule has 34 heavy (non-hydrogen) atoms. The van der Waals surface area contributed by atoms with E-state index in [4.69, 9.17) is 9.16 Å². The van der Waals surface area contributed by atoms with Crippen LogP contribution >= 0.6 is 0 Å². The molecule has 3 aliphatic rings. The normalized spacial score (nSPS) is 30.4. The van der Waals surface area contributed by atoms with Crippen LogP contribution in [-0.2, 0) is 13.0 Å². The summed E-state index contributed by atoms with van der Waals surface area (Å²) in [5.41, 5.74) is 5.16. The Bertz CT molecular complexity index is 1010. The van der Waals surface area contributed by atoms with Crippen LogP contribution in [0.25, 0.3) is 0 Å². The predicted molar refractivity (Wildman–Crippen MR) is 144 cm³/mol. The standard InChI is InChI=1S/C31H44O2Si/c1-30(2,3)28-15-14-26-24-13-12-22-18-23(32-20-21-10-8-7-9-11-21)19-27(33-34(5)6)29(22)25(24)16-17-31(26,28)4/h7-11,18-19,24-26,28,34H,12-17,20H2,1-6H3/t24-,25+,26+,28+,31+/m1/s1. The first-order valence-electron chi connectivity index (χ1n) is 13.7. The van der Waals surface area contributed by atoms with Gasteiger partial charge in [0.15, 0.2) is 0 Å². The van der Waals surface area contributed by atoms with Gasteiger partial charge in [-0.1, -0.05) is 58.0 Å². The molecule has 0 spiro atoms. The summed E-state index contributed by atoms with van der Waals surface area (Å²) in [7, 11) is -1.22. The highest BCUT2D eigenvalue weighted by atomic mass is 28.3. The summed E-state index contributed by atoms with van der Waals surface area (Å²) in [6.07, 6.45) is 8.01. The second-order valence-corrected chi connectivity index (χ2v) is 15.2. The smallest absolute Gasteiger partial charge is 0.229 e. The van der Waals surface area contributed by atoms with Crippen LogP contribution in [0, 0.1) is 28.6 Å². The van der Waals surface area contributed by atoms with E-state index in [0.29, 0.717) is 23.4 Å². The van der Waals surface area contributed by atoms with E-state index in [1.807, 2.05) is 0 Å². The van der Waals surface area contributed by atoms with Gasteiger partial charge >= 0.3 is 0 Å². The van der Waals surface area contributed by atoms with E-state index in [-0.39, 0.29) is 0 Å². The van der Waals surface area contributed by atoms with E-state index in [1.54, 1.807) is 5.56 Å². The van der Waals surface area contributed by atoms with Crippen LogP contribution in [0.1, 0.15) is 82.4 Å². The Morgan fingerprint density at radius 2 is 1.76 bits per heavy atom. The highest BCUT2D eigenvalue weighted by molar-refractivity contribution is 6.49. The van der Waals surface area contributed by atoms with Gasteiger partial charge in [0.2, 0.25) is 9.04 Å². The lowest BCUT2D eigenvalue weighted by atomic mass is 9.51. The number of ether oxygens (including phenoxy) is 1. The van der Waals surface area contributed by atoms with E-state index in [0.717, 1.165) is 29.3 Å². The molecule has 0 heterocycles. The van der Waals surface area contributed by atoms with Gasteiger partial charge in [0.25, 0.3) is 0 Å². The molecule has 5 atom stereocenters. The average molecular weight is 477 g/mol. The molecule has 2 aromatic carbocycles. The van der Waals surface area contributed by atoms with Crippen molar-refractivity contribution in [2.24, 2.45) is 28.6 Å². The zero-order valence-corrected chi connectivity index (χ0v) is 23.3. The lowest BCUT2D eigenvalue weighted by Crippen LogP contribution is -2.45. The molecule has 0 bridgehead atoms. The number of aryl methyl sites for hydroxylation is 1. The first kappa shape index (κ1) is 24.0. The number of hydrogen-bond donors (Lipinski definition) is 0. The summed E-state index contributed by atoms with van der Waals surface area (Å²) in [5, 5.41) is 0. The number of hydrogen-bond acceptors (Lipinski definition) is 2. The van der Waals surface area contributed by atoms with Crippen LogP contribution in [0.15, 0.2) is 42.5 Å². The van der Waals surface area contributed by atoms with Crippen molar-refractivity contribution in [3.63, 3.8) is 0 Å². The van der Waals surface area contributed by atoms with E-state index in [2.05, 4.69) is 83.3 Å². The molecule has 5 rings (SSSR count). The molecule has 184 valence electrons. The summed E-state index contributed by atoms with van der Waals surface area (Å²) in [6, 6.07) is 15.0. The van der Waals surface area contributed by atoms with Gasteiger partial charge in [0.05, 0.1) is 0 Å². The highest BCUT2D eigenvalue weighted by Gasteiger charge is 2.57. The van der Waals surface area contributed by atoms with Crippen molar-refractivity contribution in [2.45, 2.75) is 91.8 Å². The topological polar surface area (TPSA) is 18.5 Å². The van der Waals surface area contributed by atoms with Crippen molar-refractivity contribution in [1.29, 1.82) is 0 Å². The highest BCUT2D eigenvalue weighted by Crippen LogP contribution is 2.66. The van der Waals surface area contributed by atoms with Crippen LogP contribution in [0.3, 0.4) is 0 Å². The van der Waals surface area contributed by atoms with Gasteiger partial charge in [0, 0.05) is 6.07 Å². The van der Waals surface area contributed by atoms with Crippen LogP contribution < -0.4 is 9.16 Å². The Labute approximate surface area is 209 Å². The third kappa shape index (κ3) is 4.34. The van der Waals surface area contributed by atoms with Crippen molar-refractivity contribution in [3.05, 3.63) is 59.2 Å². The molecule has 2 fully saturated rings. The maximum Gasteiger partial charge on any atom is 0.229 e. The molecule has 2 aromatic rings. The van der Waals surface area contributed by atoms with E-state index < -0.39 is 9.04 Å². The summed E-state index contributed by atoms with van der Waals surface area (Å²) < 4.78 is 12.9. The van der Waals surface area contributed by atoms with Crippen molar-refractivity contribution < 1.29 is 9.16 Å². The third-order valence-electron chi connectivity index (χ3n) is 9.41. The molecule has 2 nitrogen and oxygen atoms in total. The van der Waals surface area contributed by atoms with Gasteiger partial charge in [-0.15, -0.1) is 0 Å². The summed E-state index contributed by atoms with van der Waals surface area (Å²) in [5.74, 6) is 5.30. The van der Waals surface area contributed by atoms with Crippen molar-refractivity contribution in [2.75, 3.05) is 0 Å². The zero-order valence-electron chi connectivity index (χ0n) is 22.2. The lowest BCUT2D eigenvalue weighted by Gasteiger charge is -2.53. The van der Waals surface area contributed by atoms with E-state index in [9.17, 15) is 0 Å². The minimum atomic E-state index is -1.22. The van der Waals surface area contributed by atoms with Crippen LogP contribution in [0.4, 0.5) is 0 Å². The van der Waals surface area contributed by atoms with Gasteiger partial charge < -0.3 is 9.16 Å². The molecule has 3 heteroatoms. The van der Waals surface area contributed by atoms with Crippen LogP contribution in [-0.4, -0.2) is 9.04 Å². The maximum absolute atomic E-state index is 6.63. The Morgan fingerprint density at radius 1 is 1.00 bits per heavy atom. The van der Waals surface area contributed by atoms with Crippen LogP contribution in [0.5, 0.6) is 11.5 Å². The molecule has 0 aromatic heterocycles. The Kier molecular flexibility index (Phi) is 6.38. The van der Waals surface area contributed by atoms with Gasteiger partial charge in [-0.25, -0.2) is 0 Å². The number of benzene rings is 2. The van der Waals surface area contributed by atoms with Gasteiger partial charge in [-0.2, -0.15) is 0 Å². The van der Waals surface area contributed by atoms with E-state index in [1.165, 1.54) is 49.7 Å². The summed E-state index contributed by atoms with van der Waals surface area (Å²) >= 11 is 0. The summed E-state index contributed by atoms with van der Waals surface area (Å²) in [6.45, 7) is 15.3. The van der Waals surface area contributed by atoms with Gasteiger partial charge in [-0.05, 0) is 109 Å². The second kappa shape index (κ2) is 9.04.